The fraction of sp³-hybridized carbons (Fsp3) is 0.316. The van der Waals surface area contributed by atoms with Gasteiger partial charge >= 0.3 is 0 Å². The summed E-state index contributed by atoms with van der Waals surface area (Å²) in [5.41, 5.74) is 2.73. The molecule has 0 bridgehead atoms. The summed E-state index contributed by atoms with van der Waals surface area (Å²) in [6.07, 6.45) is 0.236. The van der Waals surface area contributed by atoms with E-state index in [1.165, 1.54) is 0 Å². The van der Waals surface area contributed by atoms with E-state index < -0.39 is 0 Å². The number of morpholine rings is 1. The van der Waals surface area contributed by atoms with Crippen LogP contribution in [0.2, 0.25) is 0 Å². The highest BCUT2D eigenvalue weighted by Crippen LogP contribution is 2.19. The quantitative estimate of drug-likeness (QED) is 0.886. The molecular formula is C19H22N2O3. The molecule has 2 aromatic carbocycles. The third-order valence-electron chi connectivity index (χ3n) is 4.06. The molecule has 3 rings (SSSR count). The van der Waals surface area contributed by atoms with Crippen molar-refractivity contribution in [3.05, 3.63) is 59.7 Å². The number of rotatable bonds is 5. The Labute approximate surface area is 141 Å². The van der Waals surface area contributed by atoms with Crippen LogP contribution >= 0.6 is 0 Å². The molecule has 1 saturated heterocycles. The number of aromatic hydroxyl groups is 1. The van der Waals surface area contributed by atoms with Gasteiger partial charge in [-0.3, -0.25) is 9.69 Å². The highest BCUT2D eigenvalue weighted by molar-refractivity contribution is 5.93. The first-order valence-corrected chi connectivity index (χ1v) is 8.16. The normalized spacial score (nSPS) is 15.2. The number of carbonyl (C=O) groups is 1. The minimum atomic E-state index is -0.0879. The number of hydrogen-bond donors (Lipinski definition) is 2. The molecule has 0 spiro atoms. The van der Waals surface area contributed by atoms with E-state index in [9.17, 15) is 9.90 Å². The smallest absolute Gasteiger partial charge is 0.228 e. The van der Waals surface area contributed by atoms with Crippen LogP contribution in [0, 0.1) is 0 Å². The summed E-state index contributed by atoms with van der Waals surface area (Å²) in [6.45, 7) is 4.13. The van der Waals surface area contributed by atoms with Gasteiger partial charge in [0.1, 0.15) is 5.75 Å². The average Bonchev–Trinajstić information content (AvgIpc) is 2.57. The second-order valence-electron chi connectivity index (χ2n) is 5.94. The second-order valence-corrected chi connectivity index (χ2v) is 5.94. The van der Waals surface area contributed by atoms with Crippen LogP contribution in [0.25, 0.3) is 0 Å². The van der Waals surface area contributed by atoms with Gasteiger partial charge in [0.05, 0.1) is 19.6 Å². The van der Waals surface area contributed by atoms with Crippen molar-refractivity contribution in [1.29, 1.82) is 0 Å². The van der Waals surface area contributed by atoms with Crippen LogP contribution in [0.3, 0.4) is 0 Å². The largest absolute Gasteiger partial charge is 0.508 e. The number of benzene rings is 2. The van der Waals surface area contributed by atoms with Gasteiger partial charge in [0.2, 0.25) is 5.91 Å². The Morgan fingerprint density at radius 2 is 1.92 bits per heavy atom. The van der Waals surface area contributed by atoms with E-state index >= 15 is 0 Å². The molecule has 0 aromatic heterocycles. The van der Waals surface area contributed by atoms with Gasteiger partial charge in [0, 0.05) is 25.3 Å². The minimum absolute atomic E-state index is 0.0879. The van der Waals surface area contributed by atoms with Crippen molar-refractivity contribution in [1.82, 2.24) is 4.90 Å². The highest BCUT2D eigenvalue weighted by atomic mass is 16.5. The van der Waals surface area contributed by atoms with Gasteiger partial charge in [-0.1, -0.05) is 30.3 Å². The summed E-state index contributed by atoms with van der Waals surface area (Å²) in [6, 6.07) is 14.7. The van der Waals surface area contributed by atoms with E-state index in [1.807, 2.05) is 30.3 Å². The highest BCUT2D eigenvalue weighted by Gasteiger charge is 2.14. The fourth-order valence-corrected chi connectivity index (χ4v) is 2.83. The molecule has 24 heavy (non-hydrogen) atoms. The van der Waals surface area contributed by atoms with E-state index in [0.717, 1.165) is 49.7 Å². The number of nitrogens with one attached hydrogen (secondary N) is 1. The molecule has 1 amide bonds. The summed E-state index contributed by atoms with van der Waals surface area (Å²) in [5, 5.41) is 12.5. The minimum Gasteiger partial charge on any atom is -0.508 e. The van der Waals surface area contributed by atoms with Gasteiger partial charge in [-0.15, -0.1) is 0 Å². The lowest BCUT2D eigenvalue weighted by molar-refractivity contribution is -0.115. The maximum absolute atomic E-state index is 12.3. The predicted octanol–water partition coefficient (Wildman–Crippen LogP) is 2.41. The summed E-state index contributed by atoms with van der Waals surface area (Å²) < 4.78 is 5.38. The Hall–Kier alpha value is -2.37. The van der Waals surface area contributed by atoms with Crippen LogP contribution in [0.15, 0.2) is 48.5 Å². The molecule has 0 unspecified atom stereocenters. The number of nitrogens with zero attached hydrogens (tertiary/aromatic N) is 1. The summed E-state index contributed by atoms with van der Waals surface area (Å²) in [4.78, 5) is 14.6. The summed E-state index contributed by atoms with van der Waals surface area (Å²) >= 11 is 0. The van der Waals surface area contributed by atoms with Crippen LogP contribution < -0.4 is 5.32 Å². The first-order chi connectivity index (χ1) is 11.7. The summed E-state index contributed by atoms with van der Waals surface area (Å²) in [5.74, 6) is 0.0862. The van der Waals surface area contributed by atoms with Gasteiger partial charge in [-0.2, -0.15) is 0 Å². The number of ether oxygens (including phenoxy) is 1. The van der Waals surface area contributed by atoms with Gasteiger partial charge in [-0.05, 0) is 29.3 Å². The standard InChI is InChI=1S/C19H22N2O3/c22-17-6-3-4-15(12-17)13-19(23)20-18-7-2-1-5-16(18)14-21-8-10-24-11-9-21/h1-7,12,22H,8-11,13-14H2,(H,20,23). The molecule has 0 saturated carbocycles. The number of amides is 1. The molecule has 1 aliphatic rings. The fourth-order valence-electron chi connectivity index (χ4n) is 2.83. The maximum Gasteiger partial charge on any atom is 0.228 e. The molecule has 5 nitrogen and oxygen atoms in total. The van der Waals surface area contributed by atoms with Crippen LogP contribution in [-0.4, -0.2) is 42.2 Å². The average molecular weight is 326 g/mol. The van der Waals surface area contributed by atoms with Gasteiger partial charge in [-0.25, -0.2) is 0 Å². The Kier molecular flexibility index (Phi) is 5.46. The van der Waals surface area contributed by atoms with E-state index in [2.05, 4.69) is 10.2 Å². The van der Waals surface area contributed by atoms with Crippen LogP contribution in [-0.2, 0) is 22.5 Å². The second kappa shape index (κ2) is 7.95. The Bertz CT molecular complexity index is 697. The van der Waals surface area contributed by atoms with Crippen molar-refractivity contribution < 1.29 is 14.6 Å². The first-order valence-electron chi connectivity index (χ1n) is 8.16. The lowest BCUT2D eigenvalue weighted by Crippen LogP contribution is -2.35. The SMILES string of the molecule is O=C(Cc1cccc(O)c1)Nc1ccccc1CN1CCOCC1. The number of para-hydroxylation sites is 1. The first kappa shape index (κ1) is 16.5. The molecule has 0 radical (unpaired) electrons. The van der Waals surface area contributed by atoms with E-state index in [4.69, 9.17) is 4.74 Å². The van der Waals surface area contributed by atoms with Crippen molar-refractivity contribution in [3.63, 3.8) is 0 Å². The van der Waals surface area contributed by atoms with E-state index in [0.29, 0.717) is 0 Å². The van der Waals surface area contributed by atoms with Crippen molar-refractivity contribution >= 4 is 11.6 Å². The van der Waals surface area contributed by atoms with Gasteiger partial charge in [0.25, 0.3) is 0 Å². The molecule has 0 atom stereocenters. The zero-order valence-corrected chi connectivity index (χ0v) is 13.6. The molecule has 0 aliphatic carbocycles. The molecule has 5 heteroatoms. The number of anilines is 1. The number of phenols is 1. The van der Waals surface area contributed by atoms with E-state index in [1.54, 1.807) is 18.2 Å². The van der Waals surface area contributed by atoms with E-state index in [-0.39, 0.29) is 18.1 Å². The maximum atomic E-state index is 12.3. The molecule has 1 fully saturated rings. The third kappa shape index (κ3) is 4.57. The zero-order valence-electron chi connectivity index (χ0n) is 13.6. The number of carbonyl (C=O) groups excluding carboxylic acids is 1. The zero-order chi connectivity index (χ0) is 16.8. The van der Waals surface area contributed by atoms with Crippen molar-refractivity contribution in [3.8, 4) is 5.75 Å². The molecule has 2 aromatic rings. The summed E-state index contributed by atoms with van der Waals surface area (Å²) in [7, 11) is 0. The van der Waals surface area contributed by atoms with Crippen LogP contribution in [0.1, 0.15) is 11.1 Å². The lowest BCUT2D eigenvalue weighted by atomic mass is 10.1. The Balaban J connectivity index is 1.64. The number of hydrogen-bond acceptors (Lipinski definition) is 4. The number of phenolic OH excluding ortho intramolecular Hbond substituents is 1. The topological polar surface area (TPSA) is 61.8 Å². The molecule has 126 valence electrons. The molecule has 2 N–H and O–H groups in total. The van der Waals surface area contributed by atoms with Crippen molar-refractivity contribution in [2.45, 2.75) is 13.0 Å². The van der Waals surface area contributed by atoms with Gasteiger partial charge in [0.15, 0.2) is 0 Å². The Morgan fingerprint density at radius 3 is 2.71 bits per heavy atom. The van der Waals surface area contributed by atoms with Crippen molar-refractivity contribution in [2.75, 3.05) is 31.6 Å². The molecule has 1 aliphatic heterocycles. The van der Waals surface area contributed by atoms with Crippen LogP contribution in [0.4, 0.5) is 5.69 Å². The molecular weight excluding hydrogens is 304 g/mol. The monoisotopic (exact) mass is 326 g/mol. The van der Waals surface area contributed by atoms with Crippen LogP contribution in [0.5, 0.6) is 5.75 Å². The molecule has 1 heterocycles. The Morgan fingerprint density at radius 1 is 1.12 bits per heavy atom. The van der Waals surface area contributed by atoms with Crippen molar-refractivity contribution in [2.24, 2.45) is 0 Å². The lowest BCUT2D eigenvalue weighted by Gasteiger charge is -2.27. The predicted molar refractivity (Wildman–Crippen MR) is 93.0 cm³/mol. The van der Waals surface area contributed by atoms with Gasteiger partial charge < -0.3 is 15.2 Å². The third-order valence-corrected chi connectivity index (χ3v) is 4.06.